The van der Waals surface area contributed by atoms with E-state index in [4.69, 9.17) is 0 Å². The molecule has 1 atom stereocenters. The molecule has 25 heavy (non-hydrogen) atoms. The highest BCUT2D eigenvalue weighted by Crippen LogP contribution is 2.07. The summed E-state index contributed by atoms with van der Waals surface area (Å²) in [7, 11) is 0. The van der Waals surface area contributed by atoms with Gasteiger partial charge < -0.3 is 16.0 Å². The number of benzene rings is 1. The van der Waals surface area contributed by atoms with Crippen molar-refractivity contribution in [3.05, 3.63) is 53.9 Å². The van der Waals surface area contributed by atoms with E-state index in [1.807, 2.05) is 41.2 Å². The van der Waals surface area contributed by atoms with Gasteiger partial charge in [0.25, 0.3) is 0 Å². The Morgan fingerprint density at radius 2 is 2.04 bits per heavy atom. The molecule has 0 spiro atoms. The smallest absolute Gasteiger partial charge is 0.315 e. The normalized spacial score (nSPS) is 17.4. The Labute approximate surface area is 146 Å². The van der Waals surface area contributed by atoms with Crippen molar-refractivity contribution in [2.45, 2.75) is 38.4 Å². The number of carbonyl (C=O) groups is 2. The van der Waals surface area contributed by atoms with Crippen LogP contribution in [0.3, 0.4) is 0 Å². The summed E-state index contributed by atoms with van der Waals surface area (Å²) in [4.78, 5) is 23.8. The van der Waals surface area contributed by atoms with Gasteiger partial charge in [-0.1, -0.05) is 24.3 Å². The number of amides is 3. The number of nitrogens with one attached hydrogen (secondary N) is 3. The van der Waals surface area contributed by atoms with E-state index < -0.39 is 6.04 Å². The Hall–Kier alpha value is -2.83. The topological polar surface area (TPSA) is 88.1 Å². The number of rotatable bonds is 5. The summed E-state index contributed by atoms with van der Waals surface area (Å²) in [6.45, 7) is 1.82. The molecule has 2 heterocycles. The van der Waals surface area contributed by atoms with Crippen LogP contribution in [0.15, 0.2) is 42.7 Å². The first-order valence-corrected chi connectivity index (χ1v) is 8.58. The first-order valence-electron chi connectivity index (χ1n) is 8.58. The molecule has 1 saturated heterocycles. The summed E-state index contributed by atoms with van der Waals surface area (Å²) >= 11 is 0. The number of urea groups is 1. The molecule has 1 aliphatic heterocycles. The van der Waals surface area contributed by atoms with Gasteiger partial charge >= 0.3 is 6.03 Å². The molecule has 3 amide bonds. The minimum Gasteiger partial charge on any atom is -0.354 e. The molecule has 3 rings (SSSR count). The average Bonchev–Trinajstić information content (AvgIpc) is 3.04. The van der Waals surface area contributed by atoms with Gasteiger partial charge in [0.15, 0.2) is 0 Å². The SMILES string of the molecule is O=C(NCc1ccc(Cn2cccn2)cc1)NC1CCCCNC1=O. The van der Waals surface area contributed by atoms with Gasteiger partial charge in [-0.15, -0.1) is 0 Å². The van der Waals surface area contributed by atoms with E-state index in [-0.39, 0.29) is 11.9 Å². The van der Waals surface area contributed by atoms with Crippen LogP contribution >= 0.6 is 0 Å². The molecule has 1 unspecified atom stereocenters. The van der Waals surface area contributed by atoms with Crippen molar-refractivity contribution in [3.8, 4) is 0 Å². The molecule has 0 aliphatic carbocycles. The molecular formula is C18H23N5O2. The predicted molar refractivity (Wildman–Crippen MR) is 93.8 cm³/mol. The van der Waals surface area contributed by atoms with Crippen LogP contribution in [0, 0.1) is 0 Å². The maximum Gasteiger partial charge on any atom is 0.315 e. The van der Waals surface area contributed by atoms with Crippen molar-refractivity contribution in [2.75, 3.05) is 6.54 Å². The van der Waals surface area contributed by atoms with E-state index in [1.165, 1.54) is 0 Å². The molecule has 0 radical (unpaired) electrons. The van der Waals surface area contributed by atoms with Crippen molar-refractivity contribution in [3.63, 3.8) is 0 Å². The monoisotopic (exact) mass is 341 g/mol. The third-order valence-corrected chi connectivity index (χ3v) is 4.22. The van der Waals surface area contributed by atoms with Crippen LogP contribution in [-0.2, 0) is 17.9 Å². The fraction of sp³-hybridized carbons (Fsp3) is 0.389. The Bertz CT molecular complexity index is 697. The van der Waals surface area contributed by atoms with Gasteiger partial charge in [-0.05, 0) is 36.5 Å². The van der Waals surface area contributed by atoms with Crippen molar-refractivity contribution in [1.82, 2.24) is 25.7 Å². The summed E-state index contributed by atoms with van der Waals surface area (Å²) in [6.07, 6.45) is 6.24. The minimum atomic E-state index is -0.445. The van der Waals surface area contributed by atoms with Gasteiger partial charge in [0.05, 0.1) is 6.54 Å². The second-order valence-corrected chi connectivity index (χ2v) is 6.19. The Balaban J connectivity index is 1.46. The lowest BCUT2D eigenvalue weighted by atomic mass is 10.1. The lowest BCUT2D eigenvalue weighted by Gasteiger charge is -2.15. The Morgan fingerprint density at radius 1 is 1.24 bits per heavy atom. The van der Waals surface area contributed by atoms with Crippen LogP contribution in [0.1, 0.15) is 30.4 Å². The number of aromatic nitrogens is 2. The number of hydrogen-bond donors (Lipinski definition) is 3. The van der Waals surface area contributed by atoms with Gasteiger partial charge in [-0.3, -0.25) is 9.48 Å². The van der Waals surface area contributed by atoms with Gasteiger partial charge in [0.1, 0.15) is 6.04 Å². The molecule has 1 aromatic carbocycles. The van der Waals surface area contributed by atoms with Gasteiger partial charge in [0.2, 0.25) is 5.91 Å². The van der Waals surface area contributed by atoms with Crippen molar-refractivity contribution < 1.29 is 9.59 Å². The number of carbonyl (C=O) groups excluding carboxylic acids is 2. The molecule has 7 heteroatoms. The Kier molecular flexibility index (Phi) is 5.66. The van der Waals surface area contributed by atoms with E-state index in [1.54, 1.807) is 6.20 Å². The van der Waals surface area contributed by atoms with Gasteiger partial charge in [0, 0.05) is 25.5 Å². The molecule has 0 bridgehead atoms. The maximum atomic E-state index is 12.0. The quantitative estimate of drug-likeness (QED) is 0.768. The summed E-state index contributed by atoms with van der Waals surface area (Å²) in [5.74, 6) is -0.101. The highest BCUT2D eigenvalue weighted by Gasteiger charge is 2.21. The van der Waals surface area contributed by atoms with E-state index in [9.17, 15) is 9.59 Å². The first-order chi connectivity index (χ1) is 12.2. The Morgan fingerprint density at radius 3 is 2.80 bits per heavy atom. The summed E-state index contributed by atoms with van der Waals surface area (Å²) < 4.78 is 1.86. The van der Waals surface area contributed by atoms with Crippen molar-refractivity contribution >= 4 is 11.9 Å². The van der Waals surface area contributed by atoms with Crippen molar-refractivity contribution in [2.24, 2.45) is 0 Å². The number of hydrogen-bond acceptors (Lipinski definition) is 3. The molecule has 2 aromatic rings. The highest BCUT2D eigenvalue weighted by molar-refractivity contribution is 5.87. The lowest BCUT2D eigenvalue weighted by molar-refractivity contribution is -0.122. The number of nitrogens with zero attached hydrogens (tertiary/aromatic N) is 2. The first kappa shape index (κ1) is 17.0. The van der Waals surface area contributed by atoms with Crippen LogP contribution in [-0.4, -0.2) is 34.3 Å². The maximum absolute atomic E-state index is 12.0. The largest absolute Gasteiger partial charge is 0.354 e. The molecule has 7 nitrogen and oxygen atoms in total. The van der Waals surface area contributed by atoms with Crippen molar-refractivity contribution in [1.29, 1.82) is 0 Å². The zero-order chi connectivity index (χ0) is 17.5. The van der Waals surface area contributed by atoms with Crippen LogP contribution in [0.4, 0.5) is 4.79 Å². The average molecular weight is 341 g/mol. The molecule has 3 N–H and O–H groups in total. The molecule has 0 saturated carbocycles. The second-order valence-electron chi connectivity index (χ2n) is 6.19. The molecular weight excluding hydrogens is 318 g/mol. The summed E-state index contributed by atoms with van der Waals surface area (Å²) in [5, 5.41) is 12.5. The molecule has 1 aromatic heterocycles. The fourth-order valence-electron chi connectivity index (χ4n) is 2.81. The fourth-order valence-corrected chi connectivity index (χ4v) is 2.81. The molecule has 132 valence electrons. The summed E-state index contributed by atoms with van der Waals surface area (Å²) in [5.41, 5.74) is 2.15. The van der Waals surface area contributed by atoms with Crippen LogP contribution in [0.25, 0.3) is 0 Å². The zero-order valence-electron chi connectivity index (χ0n) is 14.1. The van der Waals surface area contributed by atoms with E-state index in [0.717, 1.165) is 30.5 Å². The lowest BCUT2D eigenvalue weighted by Crippen LogP contribution is -2.48. The highest BCUT2D eigenvalue weighted by atomic mass is 16.2. The zero-order valence-corrected chi connectivity index (χ0v) is 14.1. The van der Waals surface area contributed by atoms with Crippen LogP contribution in [0.5, 0.6) is 0 Å². The third kappa shape index (κ3) is 5.07. The minimum absolute atomic E-state index is 0.101. The predicted octanol–water partition coefficient (Wildman–Crippen LogP) is 1.40. The summed E-state index contributed by atoms with van der Waals surface area (Å²) in [6, 6.07) is 9.15. The standard InChI is InChI=1S/C18H23N5O2/c24-17-16(4-1-2-9-19-17)22-18(25)20-12-14-5-7-15(8-6-14)13-23-11-3-10-21-23/h3,5-8,10-11,16H,1-2,4,9,12-13H2,(H,19,24)(H2,20,22,25). The molecule has 1 fully saturated rings. The van der Waals surface area contributed by atoms with E-state index >= 15 is 0 Å². The van der Waals surface area contributed by atoms with Gasteiger partial charge in [-0.2, -0.15) is 5.10 Å². The van der Waals surface area contributed by atoms with Gasteiger partial charge in [-0.25, -0.2) is 4.79 Å². The second kappa shape index (κ2) is 8.32. The van der Waals surface area contributed by atoms with Crippen LogP contribution < -0.4 is 16.0 Å². The van der Waals surface area contributed by atoms with Crippen LogP contribution in [0.2, 0.25) is 0 Å². The van der Waals surface area contributed by atoms with E-state index in [2.05, 4.69) is 21.0 Å². The van der Waals surface area contributed by atoms with E-state index in [0.29, 0.717) is 19.5 Å². The third-order valence-electron chi connectivity index (χ3n) is 4.22. The molecule has 1 aliphatic rings.